The lowest BCUT2D eigenvalue weighted by Crippen LogP contribution is -2.47. The average molecular weight is 514 g/mol. The average Bonchev–Trinajstić information content (AvgIpc) is 3.22. The number of rotatable bonds is 2. The maximum absolute atomic E-state index is 15.2. The normalized spacial score (nSPS) is 37.5. The quantitative estimate of drug-likeness (QED) is 0.457. The molecule has 1 aromatic rings. The van der Waals surface area contributed by atoms with Crippen molar-refractivity contribution in [2.45, 2.75) is 96.9 Å². The second kappa shape index (κ2) is 10.7. The molecule has 8 nitrogen and oxygen atoms in total. The number of carbonyl (C=O) groups excluding carboxylic acids is 2. The van der Waals surface area contributed by atoms with Gasteiger partial charge in [0.25, 0.3) is 0 Å². The molecule has 0 bridgehead atoms. The van der Waals surface area contributed by atoms with Gasteiger partial charge in [0.2, 0.25) is 0 Å². The van der Waals surface area contributed by atoms with Crippen LogP contribution in [0, 0.1) is 18.3 Å². The lowest BCUT2D eigenvalue weighted by atomic mass is 9.74. The summed E-state index contributed by atoms with van der Waals surface area (Å²) in [7, 11) is 0. The van der Waals surface area contributed by atoms with Crippen molar-refractivity contribution >= 4 is 29.2 Å². The molecule has 2 saturated heterocycles. The number of cyclic esters (lactones) is 1. The van der Waals surface area contributed by atoms with Crippen LogP contribution in [0.3, 0.4) is 0 Å². The van der Waals surface area contributed by atoms with Gasteiger partial charge in [-0.05, 0) is 26.8 Å². The van der Waals surface area contributed by atoms with E-state index in [-0.39, 0.29) is 19.1 Å². The van der Waals surface area contributed by atoms with E-state index in [0.29, 0.717) is 12.1 Å². The van der Waals surface area contributed by atoms with Crippen molar-refractivity contribution in [2.24, 2.45) is 11.3 Å². The van der Waals surface area contributed by atoms with E-state index in [2.05, 4.69) is 4.98 Å². The second-order valence-electron chi connectivity index (χ2n) is 10.4. The van der Waals surface area contributed by atoms with E-state index in [0.717, 1.165) is 5.01 Å². The number of epoxide rings is 1. The number of hydrogen-bond donors (Lipinski definition) is 2. The Morgan fingerprint density at radius 1 is 1.26 bits per heavy atom. The molecule has 1 aromatic heterocycles. The number of aliphatic hydroxyl groups excluding tert-OH is 2. The molecule has 2 N–H and O–H groups in total. The number of esters is 1. The zero-order valence-electron chi connectivity index (χ0n) is 21.1. The van der Waals surface area contributed by atoms with Gasteiger partial charge < -0.3 is 24.4 Å². The summed E-state index contributed by atoms with van der Waals surface area (Å²) in [5.41, 5.74) is -1.52. The van der Waals surface area contributed by atoms with Gasteiger partial charge in [0.05, 0.1) is 52.6 Å². The van der Waals surface area contributed by atoms with Crippen molar-refractivity contribution in [3.05, 3.63) is 21.9 Å². The number of nitrogens with zero attached hydrogens (tertiary/aromatic N) is 1. The van der Waals surface area contributed by atoms with Crippen LogP contribution in [0.15, 0.2) is 11.2 Å². The van der Waals surface area contributed by atoms with Crippen LogP contribution in [0.2, 0.25) is 0 Å². The lowest BCUT2D eigenvalue weighted by Gasteiger charge is -2.34. The first-order valence-corrected chi connectivity index (χ1v) is 12.8. The van der Waals surface area contributed by atoms with Crippen molar-refractivity contribution in [3.8, 4) is 0 Å². The molecule has 3 rings (SSSR count). The molecule has 0 radical (unpaired) electrons. The molecule has 0 unspecified atom stereocenters. The maximum Gasteiger partial charge on any atom is 0.309 e. The van der Waals surface area contributed by atoms with Crippen LogP contribution in [0.25, 0.3) is 6.08 Å². The number of hydrogen-bond acceptors (Lipinski definition) is 9. The Hall–Kier alpha value is -1.72. The van der Waals surface area contributed by atoms with Crippen molar-refractivity contribution in [3.63, 3.8) is 0 Å². The second-order valence-corrected chi connectivity index (χ2v) is 11.4. The summed E-state index contributed by atoms with van der Waals surface area (Å²) in [6.07, 6.45) is -3.40. The molecule has 10 heteroatoms. The largest absolute Gasteiger partial charge is 0.455 e. The molecule has 2 fully saturated rings. The van der Waals surface area contributed by atoms with Gasteiger partial charge in [-0.2, -0.15) is 0 Å². The van der Waals surface area contributed by atoms with Crippen LogP contribution in [0.1, 0.15) is 64.6 Å². The number of halogens is 1. The van der Waals surface area contributed by atoms with Gasteiger partial charge in [-0.3, -0.25) is 9.59 Å². The Morgan fingerprint density at radius 3 is 2.57 bits per heavy atom. The van der Waals surface area contributed by atoms with Crippen LogP contribution in [0.5, 0.6) is 0 Å². The Balaban J connectivity index is 1.85. The molecule has 0 aliphatic carbocycles. The number of aryl methyl sites for hydroxylation is 1. The number of thiazole rings is 1. The first-order chi connectivity index (χ1) is 16.2. The molecule has 7 atom stereocenters. The highest BCUT2D eigenvalue weighted by molar-refractivity contribution is 7.09. The van der Waals surface area contributed by atoms with Crippen molar-refractivity contribution in [1.29, 1.82) is 0 Å². The van der Waals surface area contributed by atoms with Crippen LogP contribution in [-0.4, -0.2) is 69.7 Å². The molecule has 2 aliphatic heterocycles. The fourth-order valence-electron chi connectivity index (χ4n) is 4.38. The van der Waals surface area contributed by atoms with Gasteiger partial charge in [0.15, 0.2) is 6.10 Å². The first-order valence-electron chi connectivity index (χ1n) is 11.9. The Morgan fingerprint density at radius 2 is 1.94 bits per heavy atom. The molecular weight excluding hydrogens is 477 g/mol. The third-order valence-corrected chi connectivity index (χ3v) is 7.97. The minimum absolute atomic E-state index is 0.0846. The highest BCUT2D eigenvalue weighted by Crippen LogP contribution is 2.44. The van der Waals surface area contributed by atoms with Crippen molar-refractivity contribution in [1.82, 2.24) is 4.98 Å². The summed E-state index contributed by atoms with van der Waals surface area (Å²) in [5.74, 6) is -2.75. The number of ketones is 1. The molecule has 2 aliphatic rings. The molecule has 0 saturated carbocycles. The number of ether oxygens (including phenoxy) is 3. The number of aliphatic hydroxyl groups is 2. The van der Waals surface area contributed by atoms with E-state index in [1.807, 2.05) is 13.8 Å². The van der Waals surface area contributed by atoms with Crippen LogP contribution < -0.4 is 0 Å². The predicted molar refractivity (Wildman–Crippen MR) is 128 cm³/mol. The van der Waals surface area contributed by atoms with Gasteiger partial charge in [-0.25, -0.2) is 9.37 Å². The summed E-state index contributed by atoms with van der Waals surface area (Å²) >= 11 is 1.38. The Bertz CT molecular complexity index is 963. The van der Waals surface area contributed by atoms with Crippen molar-refractivity contribution < 1.29 is 38.4 Å². The van der Waals surface area contributed by atoms with E-state index < -0.39 is 65.4 Å². The molecule has 196 valence electrons. The Labute approximate surface area is 209 Å². The third-order valence-electron chi connectivity index (χ3n) is 7.18. The minimum Gasteiger partial charge on any atom is -0.455 e. The molecule has 35 heavy (non-hydrogen) atoms. The predicted octanol–water partition coefficient (Wildman–Crippen LogP) is 3.37. The van der Waals surface area contributed by atoms with Gasteiger partial charge in [0, 0.05) is 30.7 Å². The highest BCUT2D eigenvalue weighted by atomic mass is 32.1. The SMILES string of the molecule is Cc1nc(C=C(F)[C@@H]2C[C@@H]3O[C@]3(C)CCO[C@H](C)[C@@H](O)[C@@H](C)C(=O)C(C)(C)[C@@H](O)CC(=O)O2)cs1. The fraction of sp³-hybridized carbons (Fsp3) is 0.720. The van der Waals surface area contributed by atoms with Gasteiger partial charge in [-0.1, -0.05) is 20.8 Å². The topological polar surface area (TPSA) is 118 Å². The lowest BCUT2D eigenvalue weighted by molar-refractivity contribution is -0.156. The zero-order chi connectivity index (χ0) is 26.1. The molecule has 0 aromatic carbocycles. The number of carbonyl (C=O) groups is 2. The summed E-state index contributed by atoms with van der Waals surface area (Å²) in [4.78, 5) is 30.1. The first kappa shape index (κ1) is 27.9. The fourth-order valence-corrected chi connectivity index (χ4v) is 4.95. The molecule has 3 heterocycles. The Kier molecular flexibility index (Phi) is 8.53. The third kappa shape index (κ3) is 6.54. The smallest absolute Gasteiger partial charge is 0.309 e. The number of Topliss-reactive ketones (excluding diaryl/α,β-unsaturated/α-hetero) is 1. The number of aromatic nitrogens is 1. The summed E-state index contributed by atoms with van der Waals surface area (Å²) in [6, 6.07) is 0. The summed E-state index contributed by atoms with van der Waals surface area (Å²) in [6.45, 7) is 10.2. The van der Waals surface area contributed by atoms with Crippen LogP contribution in [-0.2, 0) is 23.8 Å². The van der Waals surface area contributed by atoms with Gasteiger partial charge >= 0.3 is 5.97 Å². The van der Waals surface area contributed by atoms with Crippen LogP contribution >= 0.6 is 11.3 Å². The standard InChI is InChI=1S/C25H36FNO7S/c1-13-22(30)14(2)32-8-7-25(6)20(34-25)10-18(17(26)9-16-12-35-15(3)27-16)33-21(29)11-19(28)24(4,5)23(13)31/h9,12-14,18-20,22,28,30H,7-8,10-11H2,1-6H3/t13-,14-,18+,19+,20+,22+,25-/m1/s1. The van der Waals surface area contributed by atoms with Gasteiger partial charge in [-0.15, -0.1) is 11.3 Å². The monoisotopic (exact) mass is 513 g/mol. The summed E-state index contributed by atoms with van der Waals surface area (Å²) in [5, 5.41) is 23.9. The minimum atomic E-state index is -1.39. The van der Waals surface area contributed by atoms with E-state index >= 15 is 4.39 Å². The zero-order valence-corrected chi connectivity index (χ0v) is 21.9. The van der Waals surface area contributed by atoms with E-state index in [1.54, 1.807) is 19.2 Å². The molecular formula is C25H36FNO7S. The van der Waals surface area contributed by atoms with E-state index in [4.69, 9.17) is 14.2 Å². The number of fused-ring (bicyclic) bond motifs is 1. The van der Waals surface area contributed by atoms with Crippen LogP contribution in [0.4, 0.5) is 4.39 Å². The van der Waals surface area contributed by atoms with Crippen molar-refractivity contribution in [2.75, 3.05) is 6.61 Å². The maximum atomic E-state index is 15.2. The van der Waals surface area contributed by atoms with Gasteiger partial charge in [0.1, 0.15) is 11.6 Å². The van der Waals surface area contributed by atoms with E-state index in [1.165, 1.54) is 31.3 Å². The molecule has 0 spiro atoms. The van der Waals surface area contributed by atoms with E-state index in [9.17, 15) is 19.8 Å². The summed E-state index contributed by atoms with van der Waals surface area (Å²) < 4.78 is 32.3. The molecule has 0 amide bonds. The highest BCUT2D eigenvalue weighted by Gasteiger charge is 2.53.